The molecule has 8 heteroatoms. The molecule has 0 spiro atoms. The van der Waals surface area contributed by atoms with Gasteiger partial charge in [0.15, 0.2) is 6.33 Å². The van der Waals surface area contributed by atoms with E-state index in [1.807, 2.05) is 6.92 Å². The molecule has 0 fully saturated rings. The summed E-state index contributed by atoms with van der Waals surface area (Å²) in [6, 6.07) is 0. The lowest BCUT2D eigenvalue weighted by atomic mass is 10.6. The number of rotatable bonds is 3. The standard InChI is InChI=1S/C9H14N4O4/c1-3-10-5-12(17)7-6(10)11(4-2)8(14)13(7)9(15)16/h5,9,15-16H,3-4H2,1-2H3. The lowest BCUT2D eigenvalue weighted by molar-refractivity contribution is -0.582. The van der Waals surface area contributed by atoms with Crippen LogP contribution in [0, 0.1) is 5.21 Å². The minimum absolute atomic E-state index is 0.0475. The molecule has 94 valence electrons. The second-order valence-corrected chi connectivity index (χ2v) is 3.62. The van der Waals surface area contributed by atoms with E-state index in [4.69, 9.17) is 10.2 Å². The lowest BCUT2D eigenvalue weighted by Crippen LogP contribution is -2.33. The predicted octanol–water partition coefficient (Wildman–Crippen LogP) is -1.28. The first kappa shape index (κ1) is 11.7. The lowest BCUT2D eigenvalue weighted by Gasteiger charge is -2.02. The normalized spacial score (nSPS) is 11.8. The van der Waals surface area contributed by atoms with Crippen LogP contribution in [0.2, 0.25) is 0 Å². The molecule has 0 saturated carbocycles. The summed E-state index contributed by atoms with van der Waals surface area (Å²) in [4.78, 5) is 11.9. The Labute approximate surface area is 96.1 Å². The summed E-state index contributed by atoms with van der Waals surface area (Å²) in [7, 11) is 0. The monoisotopic (exact) mass is 242 g/mol. The zero-order valence-corrected chi connectivity index (χ0v) is 9.57. The van der Waals surface area contributed by atoms with Crippen molar-refractivity contribution in [1.29, 1.82) is 0 Å². The average molecular weight is 242 g/mol. The molecule has 2 rings (SSSR count). The molecule has 2 N–H and O–H groups in total. The summed E-state index contributed by atoms with van der Waals surface area (Å²) in [6.07, 6.45) is -0.750. The summed E-state index contributed by atoms with van der Waals surface area (Å²) in [5.74, 6) is 0. The first-order valence-electron chi connectivity index (χ1n) is 5.32. The Morgan fingerprint density at radius 3 is 2.53 bits per heavy atom. The minimum Gasteiger partial charge on any atom is -0.740 e. The van der Waals surface area contributed by atoms with E-state index < -0.39 is 12.1 Å². The van der Waals surface area contributed by atoms with Gasteiger partial charge in [0.25, 0.3) is 17.7 Å². The van der Waals surface area contributed by atoms with Gasteiger partial charge in [-0.3, -0.25) is 0 Å². The summed E-state index contributed by atoms with van der Waals surface area (Å²) < 4.78 is 4.04. The van der Waals surface area contributed by atoms with E-state index in [9.17, 15) is 10.0 Å². The highest BCUT2D eigenvalue weighted by molar-refractivity contribution is 5.64. The highest BCUT2D eigenvalue weighted by Crippen LogP contribution is 2.12. The van der Waals surface area contributed by atoms with Gasteiger partial charge in [-0.1, -0.05) is 0 Å². The van der Waals surface area contributed by atoms with Crippen molar-refractivity contribution >= 4 is 11.3 Å². The van der Waals surface area contributed by atoms with E-state index in [0.29, 0.717) is 28.0 Å². The molecule has 0 aromatic carbocycles. The summed E-state index contributed by atoms with van der Waals surface area (Å²) >= 11 is 0. The fourth-order valence-electron chi connectivity index (χ4n) is 1.99. The van der Waals surface area contributed by atoms with Crippen molar-refractivity contribution in [2.75, 3.05) is 0 Å². The van der Waals surface area contributed by atoms with Gasteiger partial charge in [0.05, 0.1) is 6.54 Å². The predicted molar refractivity (Wildman–Crippen MR) is 58.0 cm³/mol. The molecule has 2 heterocycles. The number of aliphatic hydroxyl groups is 2. The van der Waals surface area contributed by atoms with Crippen LogP contribution in [-0.2, 0) is 13.1 Å². The number of aryl methyl sites for hydroxylation is 2. The second kappa shape index (κ2) is 3.90. The van der Waals surface area contributed by atoms with Crippen LogP contribution >= 0.6 is 0 Å². The van der Waals surface area contributed by atoms with Crippen molar-refractivity contribution in [2.24, 2.45) is 0 Å². The van der Waals surface area contributed by atoms with E-state index in [-0.39, 0.29) is 5.65 Å². The smallest absolute Gasteiger partial charge is 0.393 e. The molecule has 2 aromatic heterocycles. The van der Waals surface area contributed by atoms with Crippen LogP contribution < -0.4 is 10.4 Å². The summed E-state index contributed by atoms with van der Waals surface area (Å²) in [5, 5.41) is 30.0. The van der Waals surface area contributed by atoms with Crippen LogP contribution in [-0.4, -0.2) is 23.9 Å². The highest BCUT2D eigenvalue weighted by Gasteiger charge is 2.27. The number of hydrogen-bond donors (Lipinski definition) is 2. The molecule has 0 atom stereocenters. The Bertz CT molecular complexity index is 607. The van der Waals surface area contributed by atoms with Gasteiger partial charge in [-0.05, 0) is 13.8 Å². The number of imidazole rings is 2. The maximum atomic E-state index is 11.9. The van der Waals surface area contributed by atoms with Crippen molar-refractivity contribution < 1.29 is 14.9 Å². The fourth-order valence-corrected chi connectivity index (χ4v) is 1.99. The molecule has 0 radical (unpaired) electrons. The maximum absolute atomic E-state index is 11.9. The van der Waals surface area contributed by atoms with E-state index in [1.165, 1.54) is 10.9 Å². The molecule has 0 saturated heterocycles. The molecular formula is C9H14N4O4. The SMILES string of the molecule is CCn1c[n+]([O-])c2c1n(CC)c(=O)n2C(O)O. The molecular weight excluding hydrogens is 228 g/mol. The number of hydrogen-bond acceptors (Lipinski definition) is 4. The molecule has 0 amide bonds. The Morgan fingerprint density at radius 1 is 1.41 bits per heavy atom. The largest absolute Gasteiger partial charge is 0.740 e. The second-order valence-electron chi connectivity index (χ2n) is 3.62. The fraction of sp³-hybridized carbons (Fsp3) is 0.556. The van der Waals surface area contributed by atoms with Crippen LogP contribution in [0.5, 0.6) is 0 Å². The van der Waals surface area contributed by atoms with Gasteiger partial charge in [0.1, 0.15) is 0 Å². The molecule has 0 aliphatic carbocycles. The maximum Gasteiger partial charge on any atom is 0.393 e. The first-order valence-corrected chi connectivity index (χ1v) is 5.32. The zero-order valence-electron chi connectivity index (χ0n) is 9.57. The molecule has 0 unspecified atom stereocenters. The van der Waals surface area contributed by atoms with Gasteiger partial charge >= 0.3 is 5.69 Å². The van der Waals surface area contributed by atoms with E-state index in [2.05, 4.69) is 0 Å². The van der Waals surface area contributed by atoms with Crippen molar-refractivity contribution in [1.82, 2.24) is 13.7 Å². The zero-order chi connectivity index (χ0) is 12.7. The summed E-state index contributed by atoms with van der Waals surface area (Å²) in [5.41, 5.74) is -0.267. The number of fused-ring (bicyclic) bond motifs is 1. The van der Waals surface area contributed by atoms with Crippen LogP contribution in [0.25, 0.3) is 11.3 Å². The molecule has 2 aromatic rings. The van der Waals surface area contributed by atoms with E-state index in [0.717, 1.165) is 0 Å². The highest BCUT2D eigenvalue weighted by atomic mass is 16.5. The van der Waals surface area contributed by atoms with Crippen LogP contribution in [0.3, 0.4) is 0 Å². The van der Waals surface area contributed by atoms with Gasteiger partial charge < -0.3 is 15.4 Å². The van der Waals surface area contributed by atoms with Crippen LogP contribution in [0.4, 0.5) is 0 Å². The number of aromatic nitrogens is 4. The Kier molecular flexibility index (Phi) is 2.68. The third kappa shape index (κ3) is 1.45. The van der Waals surface area contributed by atoms with Gasteiger partial charge in [-0.2, -0.15) is 4.57 Å². The first-order chi connectivity index (χ1) is 8.02. The quantitative estimate of drug-likeness (QED) is 0.398. The Balaban J connectivity index is 2.97. The molecule has 0 aliphatic heterocycles. The van der Waals surface area contributed by atoms with Crippen LogP contribution in [0.15, 0.2) is 11.1 Å². The van der Waals surface area contributed by atoms with Crippen molar-refractivity contribution in [3.63, 3.8) is 0 Å². The average Bonchev–Trinajstić information content (AvgIpc) is 2.73. The van der Waals surface area contributed by atoms with Gasteiger partial charge in [-0.25, -0.2) is 18.7 Å². The van der Waals surface area contributed by atoms with Crippen molar-refractivity contribution in [2.45, 2.75) is 33.4 Å². The van der Waals surface area contributed by atoms with E-state index >= 15 is 0 Å². The molecule has 17 heavy (non-hydrogen) atoms. The van der Waals surface area contributed by atoms with Gasteiger partial charge in [-0.15, -0.1) is 0 Å². The third-order valence-electron chi connectivity index (χ3n) is 2.73. The Hall–Kier alpha value is -1.80. The summed E-state index contributed by atoms with van der Waals surface area (Å²) in [6.45, 7) is 4.43. The minimum atomic E-state index is -2.02. The Morgan fingerprint density at radius 2 is 2.06 bits per heavy atom. The topological polar surface area (TPSA) is 99.3 Å². The van der Waals surface area contributed by atoms with E-state index in [1.54, 1.807) is 11.5 Å². The number of aliphatic hydroxyl groups excluding tert-OH is 1. The molecule has 0 bridgehead atoms. The molecule has 8 nitrogen and oxygen atoms in total. The van der Waals surface area contributed by atoms with Gasteiger partial charge in [0.2, 0.25) is 0 Å². The molecule has 0 aliphatic rings. The van der Waals surface area contributed by atoms with Crippen molar-refractivity contribution in [3.05, 3.63) is 22.0 Å². The third-order valence-corrected chi connectivity index (χ3v) is 2.73. The number of nitrogens with zero attached hydrogens (tertiary/aromatic N) is 4. The van der Waals surface area contributed by atoms with Gasteiger partial charge in [0, 0.05) is 6.54 Å². The van der Waals surface area contributed by atoms with Crippen LogP contribution in [0.1, 0.15) is 20.3 Å². The van der Waals surface area contributed by atoms with Crippen molar-refractivity contribution in [3.8, 4) is 0 Å².